The summed E-state index contributed by atoms with van der Waals surface area (Å²) >= 11 is 7.73. The molecule has 0 bridgehead atoms. The van der Waals surface area contributed by atoms with E-state index in [0.717, 1.165) is 75.7 Å². The van der Waals surface area contributed by atoms with E-state index in [9.17, 15) is 0 Å². The number of hydrogen-bond acceptors (Lipinski definition) is 7. The minimum Gasteiger partial charge on any atom is -0.352 e. The zero-order valence-corrected chi connectivity index (χ0v) is 18.4. The normalized spacial score (nSPS) is 14.5. The minimum atomic E-state index is 0.736. The Morgan fingerprint density at radius 3 is 2.27 bits per heavy atom. The van der Waals surface area contributed by atoms with Crippen molar-refractivity contribution in [3.8, 4) is 11.1 Å². The van der Waals surface area contributed by atoms with E-state index < -0.39 is 0 Å². The van der Waals surface area contributed by atoms with Crippen LogP contribution in [0.5, 0.6) is 0 Å². The lowest BCUT2D eigenvalue weighted by Gasteiger charge is -2.35. The smallest absolute Gasteiger partial charge is 0.225 e. The third-order valence-electron chi connectivity index (χ3n) is 5.34. The monoisotopic (exact) mass is 436 g/mol. The second-order valence-electron chi connectivity index (χ2n) is 7.46. The molecule has 0 amide bonds. The van der Waals surface area contributed by atoms with E-state index in [1.165, 1.54) is 0 Å². The number of fused-ring (bicyclic) bond motifs is 1. The third kappa shape index (κ3) is 3.59. The topological polar surface area (TPSA) is 58.0 Å². The van der Waals surface area contributed by atoms with E-state index in [0.29, 0.717) is 0 Å². The fourth-order valence-electron chi connectivity index (χ4n) is 3.91. The number of rotatable bonds is 3. The molecule has 0 radical (unpaired) electrons. The highest BCUT2D eigenvalue weighted by Gasteiger charge is 2.23. The van der Waals surface area contributed by atoms with Gasteiger partial charge in [0.25, 0.3) is 0 Å². The summed E-state index contributed by atoms with van der Waals surface area (Å²) in [6, 6.07) is 9.96. The summed E-state index contributed by atoms with van der Waals surface area (Å²) < 4.78 is 0. The number of halogens is 1. The van der Waals surface area contributed by atoms with Gasteiger partial charge in [0.1, 0.15) is 17.0 Å². The molecule has 1 fully saturated rings. The van der Waals surface area contributed by atoms with Gasteiger partial charge in [-0.1, -0.05) is 23.7 Å². The summed E-state index contributed by atoms with van der Waals surface area (Å²) in [7, 11) is 0. The quantitative estimate of drug-likeness (QED) is 0.462. The van der Waals surface area contributed by atoms with Crippen LogP contribution in [-0.4, -0.2) is 46.1 Å². The Kier molecular flexibility index (Phi) is 5.00. The van der Waals surface area contributed by atoms with Crippen LogP contribution < -0.4 is 9.80 Å². The molecule has 0 saturated carbocycles. The lowest BCUT2D eigenvalue weighted by Crippen LogP contribution is -2.47. The van der Waals surface area contributed by atoms with Crippen LogP contribution in [0.4, 0.5) is 11.8 Å². The molecule has 1 aliphatic heterocycles. The largest absolute Gasteiger partial charge is 0.352 e. The van der Waals surface area contributed by atoms with Crippen molar-refractivity contribution in [2.45, 2.75) is 13.8 Å². The first kappa shape index (κ1) is 19.2. The first-order valence-corrected chi connectivity index (χ1v) is 11.1. The Labute approximate surface area is 184 Å². The summed E-state index contributed by atoms with van der Waals surface area (Å²) in [6.45, 7) is 7.46. The number of aryl methyl sites for hydroxylation is 2. The second-order valence-corrected chi connectivity index (χ2v) is 8.75. The molecule has 3 aromatic heterocycles. The Balaban J connectivity index is 1.44. The molecule has 0 spiro atoms. The first-order chi connectivity index (χ1) is 14.6. The molecule has 30 heavy (non-hydrogen) atoms. The maximum Gasteiger partial charge on any atom is 0.225 e. The fourth-order valence-corrected chi connectivity index (χ4v) is 4.94. The standard InChI is InChI=1S/C22H21ClN6S/c1-14-11-15(2)27-22(26-14)29-9-7-28(8-10-29)20-19-18(12-30-21(19)25-13-24-20)16-3-5-17(23)6-4-16/h3-6,11-13H,7-10H2,1-2H3. The minimum absolute atomic E-state index is 0.736. The van der Waals surface area contributed by atoms with Gasteiger partial charge in [0.2, 0.25) is 5.95 Å². The van der Waals surface area contributed by atoms with Crippen LogP contribution in [0.3, 0.4) is 0 Å². The van der Waals surface area contributed by atoms with E-state index in [4.69, 9.17) is 11.6 Å². The predicted octanol–water partition coefficient (Wildman–Crippen LogP) is 4.75. The number of hydrogen-bond donors (Lipinski definition) is 0. The number of piperazine rings is 1. The average molecular weight is 437 g/mol. The second kappa shape index (κ2) is 7.81. The van der Waals surface area contributed by atoms with Gasteiger partial charge in [-0.2, -0.15) is 0 Å². The molecule has 4 heterocycles. The van der Waals surface area contributed by atoms with E-state index >= 15 is 0 Å². The van der Waals surface area contributed by atoms with E-state index in [1.807, 2.05) is 32.0 Å². The van der Waals surface area contributed by atoms with Gasteiger partial charge in [-0.05, 0) is 37.6 Å². The predicted molar refractivity (Wildman–Crippen MR) is 124 cm³/mol. The molecule has 0 unspecified atom stereocenters. The average Bonchev–Trinajstić information content (AvgIpc) is 3.18. The Bertz CT molecular complexity index is 1180. The Hall–Kier alpha value is -2.77. The number of aromatic nitrogens is 4. The van der Waals surface area contributed by atoms with Crippen molar-refractivity contribution >= 4 is 44.9 Å². The zero-order valence-electron chi connectivity index (χ0n) is 16.8. The molecule has 1 aliphatic rings. The SMILES string of the molecule is Cc1cc(C)nc(N2CCN(c3ncnc4scc(-c5ccc(Cl)cc5)c34)CC2)n1. The van der Waals surface area contributed by atoms with E-state index in [1.54, 1.807) is 17.7 Å². The summed E-state index contributed by atoms with van der Waals surface area (Å²) in [5.74, 6) is 1.81. The molecule has 0 aliphatic carbocycles. The number of anilines is 2. The van der Waals surface area contributed by atoms with Gasteiger partial charge >= 0.3 is 0 Å². The molecule has 152 valence electrons. The lowest BCUT2D eigenvalue weighted by molar-refractivity contribution is 0.634. The number of benzene rings is 1. The highest BCUT2D eigenvalue weighted by Crippen LogP contribution is 2.38. The van der Waals surface area contributed by atoms with Crippen LogP contribution in [0.15, 0.2) is 42.0 Å². The van der Waals surface area contributed by atoms with Crippen LogP contribution in [0.25, 0.3) is 21.3 Å². The van der Waals surface area contributed by atoms with Gasteiger partial charge in [0.05, 0.1) is 5.39 Å². The molecule has 1 aromatic carbocycles. The fraction of sp³-hybridized carbons (Fsp3) is 0.273. The van der Waals surface area contributed by atoms with Crippen LogP contribution in [0, 0.1) is 13.8 Å². The number of thiophene rings is 1. The van der Waals surface area contributed by atoms with Gasteiger partial charge in [-0.25, -0.2) is 19.9 Å². The van der Waals surface area contributed by atoms with Gasteiger partial charge < -0.3 is 9.80 Å². The van der Waals surface area contributed by atoms with Crippen molar-refractivity contribution in [2.24, 2.45) is 0 Å². The third-order valence-corrected chi connectivity index (χ3v) is 6.48. The van der Waals surface area contributed by atoms with Crippen molar-refractivity contribution in [3.05, 3.63) is 58.4 Å². The lowest BCUT2D eigenvalue weighted by atomic mass is 10.1. The van der Waals surface area contributed by atoms with Gasteiger partial charge in [-0.3, -0.25) is 0 Å². The van der Waals surface area contributed by atoms with Crippen LogP contribution in [0.2, 0.25) is 5.02 Å². The van der Waals surface area contributed by atoms with E-state index in [-0.39, 0.29) is 0 Å². The zero-order chi connectivity index (χ0) is 20.7. The highest BCUT2D eigenvalue weighted by atomic mass is 35.5. The van der Waals surface area contributed by atoms with Crippen molar-refractivity contribution in [2.75, 3.05) is 36.0 Å². The van der Waals surface area contributed by atoms with Gasteiger partial charge in [0.15, 0.2) is 0 Å². The summed E-state index contributed by atoms with van der Waals surface area (Å²) in [4.78, 5) is 24.0. The van der Waals surface area contributed by atoms with Crippen molar-refractivity contribution < 1.29 is 0 Å². The summed E-state index contributed by atoms with van der Waals surface area (Å²) in [5.41, 5.74) is 4.29. The first-order valence-electron chi connectivity index (χ1n) is 9.89. The molecular formula is C22H21ClN6S. The summed E-state index contributed by atoms with van der Waals surface area (Å²) in [6.07, 6.45) is 1.67. The maximum atomic E-state index is 6.08. The van der Waals surface area contributed by atoms with Crippen molar-refractivity contribution in [1.29, 1.82) is 0 Å². The molecule has 8 heteroatoms. The molecule has 4 aromatic rings. The highest BCUT2D eigenvalue weighted by molar-refractivity contribution is 7.17. The molecule has 1 saturated heterocycles. The van der Waals surface area contributed by atoms with Gasteiger partial charge in [-0.15, -0.1) is 11.3 Å². The van der Waals surface area contributed by atoms with Crippen LogP contribution >= 0.6 is 22.9 Å². The summed E-state index contributed by atoms with van der Waals surface area (Å²) in [5, 5.41) is 4.01. The molecule has 6 nitrogen and oxygen atoms in total. The van der Waals surface area contributed by atoms with Crippen LogP contribution in [-0.2, 0) is 0 Å². The molecular weight excluding hydrogens is 416 g/mol. The molecule has 0 atom stereocenters. The van der Waals surface area contributed by atoms with Crippen molar-refractivity contribution in [1.82, 2.24) is 19.9 Å². The van der Waals surface area contributed by atoms with E-state index in [2.05, 4.69) is 47.2 Å². The number of nitrogens with zero attached hydrogens (tertiary/aromatic N) is 6. The molecule has 5 rings (SSSR count). The van der Waals surface area contributed by atoms with Crippen molar-refractivity contribution in [3.63, 3.8) is 0 Å². The Morgan fingerprint density at radius 2 is 1.57 bits per heavy atom. The Morgan fingerprint density at radius 1 is 0.900 bits per heavy atom. The molecule has 0 N–H and O–H groups in total. The maximum absolute atomic E-state index is 6.08. The van der Waals surface area contributed by atoms with Gasteiger partial charge in [0, 0.05) is 53.5 Å². The van der Waals surface area contributed by atoms with Crippen LogP contribution in [0.1, 0.15) is 11.4 Å².